The molecule has 0 saturated carbocycles. The highest BCUT2D eigenvalue weighted by Crippen LogP contribution is 2.49. The van der Waals surface area contributed by atoms with Gasteiger partial charge in [-0.05, 0) is 43.3 Å². The quantitative estimate of drug-likeness (QED) is 0.152. The first-order valence-corrected chi connectivity index (χ1v) is 12.6. The van der Waals surface area contributed by atoms with Crippen LogP contribution in [0.25, 0.3) is 16.7 Å². The van der Waals surface area contributed by atoms with Crippen molar-refractivity contribution in [3.63, 3.8) is 0 Å². The summed E-state index contributed by atoms with van der Waals surface area (Å²) in [5, 5.41) is 13.0. The molecule has 38 heavy (non-hydrogen) atoms. The standard InChI is InChI=1S/C28H21Cl3N2O5/c1-13-20(16-6-4-5-7-19(16)32-13)23-21(25(35)28(36)33(23)15-10-8-14(29)9-11-15)24(34)17-12-18(30)27(38-3)22(31)26(17)37-2/h4-12,23,32,34H,1-3H3/b24-21+. The second kappa shape index (κ2) is 9.91. The molecule has 1 unspecified atom stereocenters. The van der Waals surface area contributed by atoms with Gasteiger partial charge in [-0.2, -0.15) is 0 Å². The number of aliphatic hydroxyl groups excluding tert-OH is 1. The van der Waals surface area contributed by atoms with Crippen molar-refractivity contribution in [3.8, 4) is 11.5 Å². The lowest BCUT2D eigenvalue weighted by atomic mass is 9.93. The number of para-hydroxylation sites is 1. The van der Waals surface area contributed by atoms with Crippen LogP contribution in [-0.2, 0) is 9.59 Å². The van der Waals surface area contributed by atoms with Gasteiger partial charge in [0.15, 0.2) is 11.5 Å². The third-order valence-corrected chi connectivity index (χ3v) is 7.44. The first kappa shape index (κ1) is 26.0. The van der Waals surface area contributed by atoms with Gasteiger partial charge in [-0.1, -0.05) is 53.0 Å². The number of ketones is 1. The minimum atomic E-state index is -0.989. The van der Waals surface area contributed by atoms with E-state index in [0.29, 0.717) is 16.3 Å². The molecule has 7 nitrogen and oxygen atoms in total. The Balaban J connectivity index is 1.85. The summed E-state index contributed by atoms with van der Waals surface area (Å²) in [7, 11) is 2.75. The number of carbonyl (C=O) groups excluding carboxylic acids is 2. The number of H-pyrrole nitrogens is 1. The molecule has 2 heterocycles. The number of hydrogen-bond acceptors (Lipinski definition) is 5. The molecule has 194 valence electrons. The third kappa shape index (κ3) is 3.98. The zero-order valence-electron chi connectivity index (χ0n) is 20.4. The SMILES string of the molecule is COc1c(Cl)cc(/C(O)=C2\C(=O)C(=O)N(c3ccc(Cl)cc3)C2c2c(C)[nH]c3ccccc23)c(OC)c1Cl. The predicted octanol–water partition coefficient (Wildman–Crippen LogP) is 7.08. The summed E-state index contributed by atoms with van der Waals surface area (Å²) in [5.74, 6) is -1.99. The number of Topliss-reactive ketones (excluding diaryl/α,β-unsaturated/α-hetero) is 1. The van der Waals surface area contributed by atoms with Crippen molar-refractivity contribution < 1.29 is 24.2 Å². The first-order chi connectivity index (χ1) is 18.2. The molecule has 1 fully saturated rings. The number of nitrogens with one attached hydrogen (secondary N) is 1. The van der Waals surface area contributed by atoms with Crippen LogP contribution in [0.2, 0.25) is 15.1 Å². The molecule has 0 radical (unpaired) electrons. The number of rotatable bonds is 5. The predicted molar refractivity (Wildman–Crippen MR) is 149 cm³/mol. The fourth-order valence-electron chi connectivity index (χ4n) is 4.92. The molecule has 1 amide bonds. The molecule has 0 bridgehead atoms. The molecule has 1 aliphatic rings. The minimum Gasteiger partial charge on any atom is -0.507 e. The van der Waals surface area contributed by atoms with Crippen molar-refractivity contribution in [2.45, 2.75) is 13.0 Å². The molecule has 1 aliphatic heterocycles. The van der Waals surface area contributed by atoms with E-state index in [2.05, 4.69) is 4.98 Å². The number of anilines is 1. The zero-order chi connectivity index (χ0) is 27.3. The normalized spacial score (nSPS) is 16.9. The lowest BCUT2D eigenvalue weighted by molar-refractivity contribution is -0.132. The van der Waals surface area contributed by atoms with Crippen LogP contribution in [-0.4, -0.2) is 36.0 Å². The van der Waals surface area contributed by atoms with Crippen LogP contribution < -0.4 is 14.4 Å². The molecule has 5 rings (SSSR count). The number of fused-ring (bicyclic) bond motifs is 1. The molecule has 1 atom stereocenters. The van der Waals surface area contributed by atoms with Gasteiger partial charge in [-0.3, -0.25) is 14.5 Å². The van der Waals surface area contributed by atoms with Gasteiger partial charge in [0.05, 0.1) is 36.4 Å². The topological polar surface area (TPSA) is 91.9 Å². The zero-order valence-corrected chi connectivity index (χ0v) is 22.7. The second-order valence-corrected chi connectivity index (χ2v) is 9.86. The lowest BCUT2D eigenvalue weighted by Gasteiger charge is -2.26. The maximum Gasteiger partial charge on any atom is 0.300 e. The van der Waals surface area contributed by atoms with Crippen LogP contribution >= 0.6 is 34.8 Å². The van der Waals surface area contributed by atoms with Gasteiger partial charge in [0.25, 0.3) is 11.7 Å². The van der Waals surface area contributed by atoms with Crippen LogP contribution in [0.1, 0.15) is 22.9 Å². The number of hydrogen-bond donors (Lipinski definition) is 2. The Bertz CT molecular complexity index is 1640. The van der Waals surface area contributed by atoms with Crippen molar-refractivity contribution in [2.75, 3.05) is 19.1 Å². The van der Waals surface area contributed by atoms with Gasteiger partial charge in [0.2, 0.25) is 0 Å². The summed E-state index contributed by atoms with van der Waals surface area (Å²) in [6.45, 7) is 1.85. The summed E-state index contributed by atoms with van der Waals surface area (Å²) < 4.78 is 10.7. The van der Waals surface area contributed by atoms with E-state index in [1.165, 1.54) is 25.2 Å². The number of aliphatic hydroxyl groups is 1. The largest absolute Gasteiger partial charge is 0.507 e. The van der Waals surface area contributed by atoms with Crippen molar-refractivity contribution in [1.82, 2.24) is 4.98 Å². The number of benzene rings is 3. The van der Waals surface area contributed by atoms with Crippen LogP contribution in [0.15, 0.2) is 60.2 Å². The number of aromatic nitrogens is 1. The monoisotopic (exact) mass is 570 g/mol. The van der Waals surface area contributed by atoms with E-state index in [-0.39, 0.29) is 32.7 Å². The first-order valence-electron chi connectivity index (χ1n) is 11.4. The van der Waals surface area contributed by atoms with Crippen LogP contribution in [0.5, 0.6) is 11.5 Å². The minimum absolute atomic E-state index is 0.0100. The van der Waals surface area contributed by atoms with Gasteiger partial charge in [-0.15, -0.1) is 0 Å². The maximum atomic E-state index is 13.6. The molecule has 3 aromatic carbocycles. The summed E-state index contributed by atoms with van der Waals surface area (Å²) in [5.41, 5.74) is 2.52. The molecule has 10 heteroatoms. The number of ether oxygens (including phenoxy) is 2. The van der Waals surface area contributed by atoms with Crippen molar-refractivity contribution >= 4 is 68.8 Å². The average molecular weight is 572 g/mol. The van der Waals surface area contributed by atoms with Crippen LogP contribution in [0.3, 0.4) is 0 Å². The number of carbonyl (C=O) groups is 2. The third-order valence-electron chi connectivity index (χ3n) is 6.56. The number of methoxy groups -OCH3 is 2. The molecule has 0 spiro atoms. The van der Waals surface area contributed by atoms with E-state index in [1.54, 1.807) is 24.3 Å². The highest BCUT2D eigenvalue weighted by atomic mass is 35.5. The molecular formula is C28H21Cl3N2O5. The van der Waals surface area contributed by atoms with E-state index in [9.17, 15) is 14.7 Å². The van der Waals surface area contributed by atoms with E-state index in [0.717, 1.165) is 16.6 Å². The number of aryl methyl sites for hydroxylation is 1. The fourth-order valence-corrected chi connectivity index (χ4v) is 5.73. The van der Waals surface area contributed by atoms with Crippen molar-refractivity contribution in [1.29, 1.82) is 0 Å². The fraction of sp³-hybridized carbons (Fsp3) is 0.143. The molecular weight excluding hydrogens is 551 g/mol. The molecule has 0 aliphatic carbocycles. The maximum absolute atomic E-state index is 13.6. The molecule has 1 aromatic heterocycles. The Morgan fingerprint density at radius 3 is 2.29 bits per heavy atom. The van der Waals surface area contributed by atoms with Crippen molar-refractivity contribution in [2.24, 2.45) is 0 Å². The van der Waals surface area contributed by atoms with E-state index >= 15 is 0 Å². The number of nitrogens with zero attached hydrogens (tertiary/aromatic N) is 1. The molecule has 2 N–H and O–H groups in total. The van der Waals surface area contributed by atoms with Gasteiger partial charge in [0, 0.05) is 32.9 Å². The number of halogens is 3. The molecule has 4 aromatic rings. The van der Waals surface area contributed by atoms with Gasteiger partial charge in [0.1, 0.15) is 10.8 Å². The Kier molecular flexibility index (Phi) is 6.77. The summed E-state index contributed by atoms with van der Waals surface area (Å²) in [6, 6.07) is 14.5. The van der Waals surface area contributed by atoms with Gasteiger partial charge >= 0.3 is 0 Å². The van der Waals surface area contributed by atoms with Crippen molar-refractivity contribution in [3.05, 3.63) is 92.1 Å². The van der Waals surface area contributed by atoms with E-state index in [1.807, 2.05) is 31.2 Å². The summed E-state index contributed by atoms with van der Waals surface area (Å²) in [4.78, 5) is 31.9. The molecule has 1 saturated heterocycles. The smallest absolute Gasteiger partial charge is 0.300 e. The van der Waals surface area contributed by atoms with Crippen LogP contribution in [0.4, 0.5) is 5.69 Å². The lowest BCUT2D eigenvalue weighted by Crippen LogP contribution is -2.29. The average Bonchev–Trinajstić information content (AvgIpc) is 3.36. The van der Waals surface area contributed by atoms with E-state index in [4.69, 9.17) is 44.3 Å². The second-order valence-electron chi connectivity index (χ2n) is 8.64. The Morgan fingerprint density at radius 2 is 1.63 bits per heavy atom. The highest BCUT2D eigenvalue weighted by Gasteiger charge is 2.48. The summed E-state index contributed by atoms with van der Waals surface area (Å²) in [6.07, 6.45) is 0. The number of amides is 1. The summed E-state index contributed by atoms with van der Waals surface area (Å²) >= 11 is 18.9. The Labute approximate surface area is 233 Å². The van der Waals surface area contributed by atoms with Gasteiger partial charge in [-0.25, -0.2) is 0 Å². The van der Waals surface area contributed by atoms with E-state index < -0.39 is 23.5 Å². The number of aromatic amines is 1. The Hall–Kier alpha value is -3.65. The Morgan fingerprint density at radius 1 is 0.974 bits per heavy atom. The van der Waals surface area contributed by atoms with Crippen LogP contribution in [0, 0.1) is 6.92 Å². The van der Waals surface area contributed by atoms with Gasteiger partial charge < -0.3 is 19.6 Å². The highest BCUT2D eigenvalue weighted by molar-refractivity contribution is 6.52.